The fourth-order valence-corrected chi connectivity index (χ4v) is 2.89. The van der Waals surface area contributed by atoms with Gasteiger partial charge in [-0.15, -0.1) is 0 Å². The van der Waals surface area contributed by atoms with Gasteiger partial charge in [0, 0.05) is 29.2 Å². The second-order valence-electron chi connectivity index (χ2n) is 6.21. The van der Waals surface area contributed by atoms with Crippen LogP contribution in [-0.4, -0.2) is 15.3 Å². The third-order valence-electron chi connectivity index (χ3n) is 4.28. The number of aromatic nitrogens is 2. The van der Waals surface area contributed by atoms with Crippen molar-refractivity contribution >= 4 is 17.2 Å². The molecule has 1 amide bonds. The van der Waals surface area contributed by atoms with Crippen LogP contribution in [0.2, 0.25) is 0 Å². The van der Waals surface area contributed by atoms with E-state index in [1.807, 2.05) is 41.9 Å². The lowest BCUT2D eigenvalue weighted by Gasteiger charge is -2.07. The molecule has 6 heteroatoms. The second kappa shape index (κ2) is 6.64. The van der Waals surface area contributed by atoms with Crippen molar-refractivity contribution in [2.24, 2.45) is 0 Å². The molecular weight excluding hydrogens is 348 g/mol. The minimum atomic E-state index is -1.06. The van der Waals surface area contributed by atoms with Crippen LogP contribution in [0.1, 0.15) is 15.9 Å². The van der Waals surface area contributed by atoms with E-state index in [0.717, 1.165) is 34.6 Å². The van der Waals surface area contributed by atoms with Crippen LogP contribution >= 0.6 is 0 Å². The molecule has 2 aromatic carbocycles. The lowest BCUT2D eigenvalue weighted by atomic mass is 10.1. The van der Waals surface area contributed by atoms with Gasteiger partial charge >= 0.3 is 0 Å². The number of carbonyl (C=O) groups is 1. The molecule has 134 valence electrons. The first-order valence-electron chi connectivity index (χ1n) is 8.32. The van der Waals surface area contributed by atoms with E-state index in [9.17, 15) is 13.6 Å². The van der Waals surface area contributed by atoms with Crippen molar-refractivity contribution in [2.45, 2.75) is 6.92 Å². The molecule has 0 spiro atoms. The maximum atomic E-state index is 13.3. The summed E-state index contributed by atoms with van der Waals surface area (Å²) < 4.78 is 28.3. The van der Waals surface area contributed by atoms with E-state index in [1.54, 1.807) is 18.2 Å². The summed E-state index contributed by atoms with van der Waals surface area (Å²) in [7, 11) is 0. The first-order valence-corrected chi connectivity index (χ1v) is 8.32. The molecule has 0 aliphatic rings. The number of carbonyl (C=O) groups excluding carboxylic acids is 1. The molecule has 0 aliphatic carbocycles. The topological polar surface area (TPSA) is 46.4 Å². The lowest BCUT2D eigenvalue weighted by molar-refractivity contribution is 0.102. The molecule has 4 nitrogen and oxygen atoms in total. The highest BCUT2D eigenvalue weighted by Gasteiger charge is 2.11. The zero-order chi connectivity index (χ0) is 19.0. The molecule has 4 aromatic rings. The van der Waals surface area contributed by atoms with E-state index < -0.39 is 17.5 Å². The third kappa shape index (κ3) is 3.29. The zero-order valence-electron chi connectivity index (χ0n) is 14.4. The number of amides is 1. The van der Waals surface area contributed by atoms with Gasteiger partial charge in [-0.25, -0.2) is 13.8 Å². The molecule has 0 bridgehead atoms. The molecular formula is C21H15F2N3O. The highest BCUT2D eigenvalue weighted by molar-refractivity contribution is 6.04. The lowest BCUT2D eigenvalue weighted by Crippen LogP contribution is -2.12. The van der Waals surface area contributed by atoms with E-state index in [1.165, 1.54) is 6.07 Å². The van der Waals surface area contributed by atoms with E-state index in [2.05, 4.69) is 10.3 Å². The van der Waals surface area contributed by atoms with Crippen molar-refractivity contribution in [3.8, 4) is 11.3 Å². The number of nitrogens with one attached hydrogen (secondary N) is 1. The van der Waals surface area contributed by atoms with Crippen LogP contribution < -0.4 is 5.32 Å². The van der Waals surface area contributed by atoms with Gasteiger partial charge in [0.2, 0.25) is 0 Å². The average Bonchev–Trinajstić information content (AvgIpc) is 3.10. The molecule has 0 aliphatic heterocycles. The second-order valence-corrected chi connectivity index (χ2v) is 6.21. The Bertz CT molecular complexity index is 1170. The molecule has 0 saturated heterocycles. The molecule has 0 radical (unpaired) electrons. The Morgan fingerprint density at radius 1 is 1.04 bits per heavy atom. The molecule has 0 unspecified atom stereocenters. The van der Waals surface area contributed by atoms with Gasteiger partial charge in [-0.1, -0.05) is 18.2 Å². The first-order chi connectivity index (χ1) is 13.0. The Kier molecular flexibility index (Phi) is 4.16. The summed E-state index contributed by atoms with van der Waals surface area (Å²) in [6, 6.07) is 14.2. The number of rotatable bonds is 3. The van der Waals surface area contributed by atoms with Crippen LogP contribution in [0.4, 0.5) is 14.5 Å². The van der Waals surface area contributed by atoms with Gasteiger partial charge in [-0.2, -0.15) is 0 Å². The summed E-state index contributed by atoms with van der Waals surface area (Å²) in [6.07, 6.45) is 3.84. The summed E-state index contributed by atoms with van der Waals surface area (Å²) in [6.45, 7) is 1.99. The molecule has 0 saturated carbocycles. The SMILES string of the molecule is Cc1cccn2cc(-c3cccc(NC(=O)c4ccc(F)c(F)c4)c3)nc12. The van der Waals surface area contributed by atoms with Crippen LogP contribution in [0.15, 0.2) is 67.0 Å². The summed E-state index contributed by atoms with van der Waals surface area (Å²) in [5.41, 5.74) is 4.11. The number of halogens is 2. The minimum Gasteiger partial charge on any atom is -0.322 e. The number of anilines is 1. The van der Waals surface area contributed by atoms with Crippen molar-refractivity contribution in [3.63, 3.8) is 0 Å². The zero-order valence-corrected chi connectivity index (χ0v) is 14.4. The molecule has 1 N–H and O–H groups in total. The van der Waals surface area contributed by atoms with E-state index >= 15 is 0 Å². The summed E-state index contributed by atoms with van der Waals surface area (Å²) >= 11 is 0. The predicted molar refractivity (Wildman–Crippen MR) is 99.7 cm³/mol. The van der Waals surface area contributed by atoms with Crippen molar-refractivity contribution in [3.05, 3.63) is 89.8 Å². The van der Waals surface area contributed by atoms with Gasteiger partial charge in [0.05, 0.1) is 5.69 Å². The molecule has 4 rings (SSSR count). The van der Waals surface area contributed by atoms with E-state index in [4.69, 9.17) is 0 Å². The van der Waals surface area contributed by atoms with Crippen LogP contribution in [0.25, 0.3) is 16.9 Å². The Morgan fingerprint density at radius 2 is 1.89 bits per heavy atom. The van der Waals surface area contributed by atoms with Crippen LogP contribution in [-0.2, 0) is 0 Å². The van der Waals surface area contributed by atoms with E-state index in [-0.39, 0.29) is 5.56 Å². The van der Waals surface area contributed by atoms with Gasteiger partial charge in [0.25, 0.3) is 5.91 Å². The number of pyridine rings is 1. The van der Waals surface area contributed by atoms with Crippen molar-refractivity contribution in [1.82, 2.24) is 9.38 Å². The van der Waals surface area contributed by atoms with Crippen molar-refractivity contribution in [1.29, 1.82) is 0 Å². The monoisotopic (exact) mass is 363 g/mol. The molecule has 0 fully saturated rings. The number of nitrogens with zero attached hydrogens (tertiary/aromatic N) is 2. The van der Waals surface area contributed by atoms with Gasteiger partial charge in [0.15, 0.2) is 11.6 Å². The van der Waals surface area contributed by atoms with Gasteiger partial charge in [-0.3, -0.25) is 4.79 Å². The van der Waals surface area contributed by atoms with Gasteiger partial charge < -0.3 is 9.72 Å². The Morgan fingerprint density at radius 3 is 2.67 bits per heavy atom. The largest absolute Gasteiger partial charge is 0.322 e. The maximum Gasteiger partial charge on any atom is 0.255 e. The number of imidazole rings is 1. The van der Waals surface area contributed by atoms with Crippen LogP contribution in [0.5, 0.6) is 0 Å². The van der Waals surface area contributed by atoms with Crippen molar-refractivity contribution in [2.75, 3.05) is 5.32 Å². The molecule has 0 atom stereocenters. The molecule has 2 heterocycles. The minimum absolute atomic E-state index is 0.0441. The summed E-state index contributed by atoms with van der Waals surface area (Å²) in [5.74, 6) is -2.57. The van der Waals surface area contributed by atoms with Gasteiger partial charge in [0.1, 0.15) is 5.65 Å². The quantitative estimate of drug-likeness (QED) is 0.566. The predicted octanol–water partition coefficient (Wildman–Crippen LogP) is 4.84. The number of benzene rings is 2. The normalized spacial score (nSPS) is 10.9. The Balaban J connectivity index is 1.62. The number of hydrogen-bond acceptors (Lipinski definition) is 2. The molecule has 2 aromatic heterocycles. The maximum absolute atomic E-state index is 13.3. The van der Waals surface area contributed by atoms with Crippen LogP contribution in [0, 0.1) is 18.6 Å². The Hall–Kier alpha value is -3.54. The third-order valence-corrected chi connectivity index (χ3v) is 4.28. The number of hydrogen-bond donors (Lipinski definition) is 1. The smallest absolute Gasteiger partial charge is 0.255 e. The highest BCUT2D eigenvalue weighted by atomic mass is 19.2. The van der Waals surface area contributed by atoms with E-state index in [0.29, 0.717) is 5.69 Å². The fraction of sp³-hybridized carbons (Fsp3) is 0.0476. The Labute approximate surface area is 154 Å². The summed E-state index contributed by atoms with van der Waals surface area (Å²) in [4.78, 5) is 16.9. The van der Waals surface area contributed by atoms with Crippen molar-refractivity contribution < 1.29 is 13.6 Å². The standard InChI is InChI=1S/C21H15F2N3O/c1-13-4-3-9-26-12-19(25-20(13)26)14-5-2-6-16(10-14)24-21(27)15-7-8-17(22)18(23)11-15/h2-12H,1H3,(H,24,27). The summed E-state index contributed by atoms with van der Waals surface area (Å²) in [5, 5.41) is 2.70. The molecule has 27 heavy (non-hydrogen) atoms. The number of fused-ring (bicyclic) bond motifs is 1. The number of aryl methyl sites for hydroxylation is 1. The van der Waals surface area contributed by atoms with Crippen LogP contribution in [0.3, 0.4) is 0 Å². The first kappa shape index (κ1) is 16.9. The average molecular weight is 363 g/mol. The van der Waals surface area contributed by atoms with Gasteiger partial charge in [-0.05, 0) is 48.9 Å². The highest BCUT2D eigenvalue weighted by Crippen LogP contribution is 2.24. The fourth-order valence-electron chi connectivity index (χ4n) is 2.89.